The van der Waals surface area contributed by atoms with Gasteiger partial charge in [-0.2, -0.15) is 4.98 Å². The molecule has 0 radical (unpaired) electrons. The monoisotopic (exact) mass is 499 g/mol. The third-order valence-electron chi connectivity index (χ3n) is 7.85. The van der Waals surface area contributed by atoms with Gasteiger partial charge in [-0.25, -0.2) is 0 Å². The number of hydrogen-bond donors (Lipinski definition) is 2. The molecule has 10 heteroatoms. The zero-order valence-electron chi connectivity index (χ0n) is 21.2. The summed E-state index contributed by atoms with van der Waals surface area (Å²) in [6.07, 6.45) is 6.20. The van der Waals surface area contributed by atoms with Crippen LogP contribution in [0.1, 0.15) is 54.7 Å². The van der Waals surface area contributed by atoms with Gasteiger partial charge < -0.3 is 20.5 Å². The first kappa shape index (κ1) is 22.5. The number of nitrogens with two attached hydrogens (primary N) is 1. The van der Waals surface area contributed by atoms with Crippen LogP contribution in [-0.4, -0.2) is 70.9 Å². The summed E-state index contributed by atoms with van der Waals surface area (Å²) in [6, 6.07) is 8.36. The Morgan fingerprint density at radius 1 is 1.16 bits per heavy atom. The number of fused-ring (bicyclic) bond motifs is 4. The molecular weight excluding hydrogens is 466 g/mol. The third-order valence-corrected chi connectivity index (χ3v) is 7.85. The van der Waals surface area contributed by atoms with Gasteiger partial charge in [0.25, 0.3) is 5.91 Å². The molecule has 1 fully saturated rings. The first-order valence-electron chi connectivity index (χ1n) is 13.4. The zero-order valence-corrected chi connectivity index (χ0v) is 21.2. The van der Waals surface area contributed by atoms with Gasteiger partial charge in [0.05, 0.1) is 12.6 Å². The lowest BCUT2D eigenvalue weighted by molar-refractivity contribution is 0.0843. The van der Waals surface area contributed by atoms with Gasteiger partial charge in [-0.1, -0.05) is 29.8 Å². The molecule has 7 rings (SSSR count). The molecule has 5 aliphatic rings. The minimum atomic E-state index is -0.0655. The number of amides is 1. The Morgan fingerprint density at radius 3 is 2.86 bits per heavy atom. The Labute approximate surface area is 216 Å². The summed E-state index contributed by atoms with van der Waals surface area (Å²) in [5, 5.41) is 3.46. The van der Waals surface area contributed by atoms with E-state index < -0.39 is 0 Å². The van der Waals surface area contributed by atoms with Gasteiger partial charge in [0.15, 0.2) is 11.5 Å². The Balaban J connectivity index is 1.28. The van der Waals surface area contributed by atoms with Gasteiger partial charge in [0, 0.05) is 44.5 Å². The topological polar surface area (TPSA) is 107 Å². The lowest BCUT2D eigenvalue weighted by Crippen LogP contribution is -2.56. The van der Waals surface area contributed by atoms with E-state index >= 15 is 0 Å². The number of aliphatic imine (C=N–C) groups is 2. The highest BCUT2D eigenvalue weighted by Gasteiger charge is 2.43. The van der Waals surface area contributed by atoms with Crippen LogP contribution in [-0.2, 0) is 6.54 Å². The Kier molecular flexibility index (Phi) is 5.31. The summed E-state index contributed by atoms with van der Waals surface area (Å²) in [6.45, 7) is 6.26. The number of para-hydroxylation sites is 1. The maximum Gasteiger partial charge on any atom is 0.281 e. The molecule has 2 aromatic rings. The van der Waals surface area contributed by atoms with Crippen LogP contribution in [0, 0.1) is 0 Å². The second-order valence-electron chi connectivity index (χ2n) is 10.6. The predicted molar refractivity (Wildman–Crippen MR) is 146 cm³/mol. The lowest BCUT2D eigenvalue weighted by atomic mass is 10.0. The number of allylic oxidation sites excluding steroid dienone is 2. The summed E-state index contributed by atoms with van der Waals surface area (Å²) in [5.74, 6) is 2.96. The van der Waals surface area contributed by atoms with Gasteiger partial charge in [-0.05, 0) is 44.2 Å². The fourth-order valence-corrected chi connectivity index (χ4v) is 5.90. The number of carbonyl (C=O) groups is 1. The predicted octanol–water partition coefficient (Wildman–Crippen LogP) is 2.75. The minimum Gasteiger partial charge on any atom is -0.342 e. The van der Waals surface area contributed by atoms with E-state index in [0.717, 1.165) is 74.2 Å². The number of hydrogen-bond acceptors (Lipinski definition) is 8. The van der Waals surface area contributed by atoms with Crippen molar-refractivity contribution in [2.75, 3.05) is 47.8 Å². The number of amidine groups is 1. The van der Waals surface area contributed by atoms with Gasteiger partial charge >= 0.3 is 0 Å². The smallest absolute Gasteiger partial charge is 0.281 e. The lowest BCUT2D eigenvalue weighted by Gasteiger charge is -2.39. The molecule has 0 bridgehead atoms. The first-order valence-corrected chi connectivity index (χ1v) is 13.4. The molecule has 10 nitrogen and oxygen atoms in total. The van der Waals surface area contributed by atoms with Crippen LogP contribution in [0.4, 0.5) is 17.5 Å². The average Bonchev–Trinajstić information content (AvgIpc) is 3.64. The Morgan fingerprint density at radius 2 is 2.03 bits per heavy atom. The molecule has 192 valence electrons. The summed E-state index contributed by atoms with van der Waals surface area (Å²) >= 11 is 0. The van der Waals surface area contributed by atoms with Crippen molar-refractivity contribution in [2.24, 2.45) is 15.7 Å². The number of nitrogens with zero attached hydrogens (tertiary/aromatic N) is 7. The van der Waals surface area contributed by atoms with Crippen LogP contribution >= 0.6 is 0 Å². The van der Waals surface area contributed by atoms with Crippen LogP contribution in [0.5, 0.6) is 0 Å². The van der Waals surface area contributed by atoms with E-state index in [0.29, 0.717) is 31.3 Å². The van der Waals surface area contributed by atoms with E-state index in [2.05, 4.69) is 44.8 Å². The highest BCUT2D eigenvalue weighted by Crippen LogP contribution is 2.37. The van der Waals surface area contributed by atoms with Crippen molar-refractivity contribution in [1.82, 2.24) is 14.5 Å². The van der Waals surface area contributed by atoms with Crippen molar-refractivity contribution < 1.29 is 4.79 Å². The normalized spacial score (nSPS) is 24.4. The van der Waals surface area contributed by atoms with E-state index in [-0.39, 0.29) is 18.0 Å². The number of nitrogens with one attached hydrogen (secondary N) is 1. The summed E-state index contributed by atoms with van der Waals surface area (Å²) in [7, 11) is 0. The van der Waals surface area contributed by atoms with Crippen molar-refractivity contribution in [1.29, 1.82) is 0 Å². The van der Waals surface area contributed by atoms with E-state index in [9.17, 15) is 4.79 Å². The van der Waals surface area contributed by atoms with Crippen molar-refractivity contribution in [3.63, 3.8) is 0 Å². The number of anilines is 3. The molecule has 1 unspecified atom stereocenters. The standard InChI is InChI=1S/C27H33N9O/c1-17-20-7-2-3-8-21(20)31-22(30-17)16-36-25(37)23-24(34-13-5-11-29-26(34)36)32-27(35(23)14-18-9-10-18)33-12-4-6-19(28)15-33/h2-3,7-9,17,19H,4-6,10-16,28H2,1H3,(H,30,31)/t17?,19-/m1/s1. The molecule has 1 aliphatic carbocycles. The molecule has 1 aromatic carbocycles. The minimum absolute atomic E-state index is 0.0227. The van der Waals surface area contributed by atoms with Crippen LogP contribution < -0.4 is 20.9 Å². The van der Waals surface area contributed by atoms with Crippen LogP contribution in [0.2, 0.25) is 0 Å². The first-order chi connectivity index (χ1) is 18.1. The molecule has 0 spiro atoms. The van der Waals surface area contributed by atoms with Crippen LogP contribution in [0.3, 0.4) is 0 Å². The van der Waals surface area contributed by atoms with Gasteiger partial charge in [-0.15, -0.1) is 0 Å². The molecule has 2 atom stereocenters. The maximum absolute atomic E-state index is 14.3. The Hall–Kier alpha value is -3.66. The molecule has 1 saturated heterocycles. The quantitative estimate of drug-likeness (QED) is 0.613. The number of benzene rings is 1. The number of carbonyl (C=O) groups excluding carboxylic acids is 1. The molecule has 5 heterocycles. The largest absolute Gasteiger partial charge is 0.342 e. The third kappa shape index (κ3) is 3.90. The van der Waals surface area contributed by atoms with Crippen molar-refractivity contribution in [3.05, 3.63) is 47.2 Å². The van der Waals surface area contributed by atoms with Crippen LogP contribution in [0.25, 0.3) is 0 Å². The van der Waals surface area contributed by atoms with Crippen molar-refractivity contribution in [3.8, 4) is 0 Å². The molecule has 37 heavy (non-hydrogen) atoms. The Bertz CT molecular complexity index is 1360. The second kappa shape index (κ2) is 8.72. The summed E-state index contributed by atoms with van der Waals surface area (Å²) in [4.78, 5) is 35.3. The number of imidazole rings is 1. The number of rotatable bonds is 5. The van der Waals surface area contributed by atoms with E-state index in [1.54, 1.807) is 4.90 Å². The SMILES string of the molecule is CC1N=C(CN2C(=O)c3c(nc(N4CCC[C@@H](N)C4)n3CC3=CC3)N3CCCN=C23)Nc2ccccc21. The second-order valence-corrected chi connectivity index (χ2v) is 10.6. The fourth-order valence-electron chi connectivity index (χ4n) is 5.90. The molecular formula is C27H33N9O. The highest BCUT2D eigenvalue weighted by atomic mass is 16.2. The number of aromatic nitrogens is 2. The molecule has 3 N–H and O–H groups in total. The van der Waals surface area contributed by atoms with Gasteiger partial charge in [0.2, 0.25) is 11.9 Å². The molecule has 0 saturated carbocycles. The van der Waals surface area contributed by atoms with Crippen molar-refractivity contribution >= 4 is 35.2 Å². The van der Waals surface area contributed by atoms with E-state index in [1.165, 1.54) is 5.57 Å². The average molecular weight is 500 g/mol. The maximum atomic E-state index is 14.3. The fraction of sp³-hybridized carbons (Fsp3) is 0.481. The van der Waals surface area contributed by atoms with E-state index in [4.69, 9.17) is 20.7 Å². The summed E-state index contributed by atoms with van der Waals surface area (Å²) < 4.78 is 2.13. The summed E-state index contributed by atoms with van der Waals surface area (Å²) in [5.41, 5.74) is 10.5. The van der Waals surface area contributed by atoms with Crippen LogP contribution in [0.15, 0.2) is 45.9 Å². The highest BCUT2D eigenvalue weighted by molar-refractivity contribution is 6.20. The van der Waals surface area contributed by atoms with Gasteiger partial charge in [-0.3, -0.25) is 24.6 Å². The number of guanidine groups is 1. The van der Waals surface area contributed by atoms with E-state index in [1.807, 2.05) is 12.1 Å². The number of piperidine rings is 1. The molecule has 1 aromatic heterocycles. The zero-order chi connectivity index (χ0) is 25.1. The van der Waals surface area contributed by atoms with Gasteiger partial charge in [0.1, 0.15) is 5.84 Å². The molecule has 4 aliphatic heterocycles. The molecule has 1 amide bonds. The van der Waals surface area contributed by atoms with Crippen molar-refractivity contribution in [2.45, 2.75) is 51.2 Å².